The van der Waals surface area contributed by atoms with E-state index in [-0.39, 0.29) is 11.3 Å². The number of Topliss-reactive ketones (excluding diaryl/α,β-unsaturated/α-hetero) is 1. The standard InChI is InChI=1S/C25H28N2O4/c1-18-8-10-19(11-9-18)22-21(23(28)20-6-3-2-4-7-20)24(29)25(30)27(22)13-5-12-26-14-16-31-17-15-26/h2-4,6-11,22,28H,5,12-17H2,1H3/t22-/m1/s1. The van der Waals surface area contributed by atoms with E-state index in [9.17, 15) is 14.7 Å². The van der Waals surface area contributed by atoms with E-state index >= 15 is 0 Å². The highest BCUT2D eigenvalue weighted by Crippen LogP contribution is 2.39. The molecule has 2 aliphatic rings. The van der Waals surface area contributed by atoms with Crippen LogP contribution in [0.1, 0.15) is 29.2 Å². The van der Waals surface area contributed by atoms with E-state index in [1.807, 2.05) is 37.3 Å². The first-order chi connectivity index (χ1) is 15.1. The summed E-state index contributed by atoms with van der Waals surface area (Å²) in [6.45, 7) is 6.50. The third-order valence-corrected chi connectivity index (χ3v) is 5.96. The zero-order valence-electron chi connectivity index (χ0n) is 17.8. The van der Waals surface area contributed by atoms with Crippen molar-refractivity contribution in [2.75, 3.05) is 39.4 Å². The van der Waals surface area contributed by atoms with Crippen LogP contribution in [0, 0.1) is 6.92 Å². The van der Waals surface area contributed by atoms with Gasteiger partial charge in [0, 0.05) is 31.7 Å². The molecule has 0 radical (unpaired) electrons. The molecule has 2 aromatic rings. The Bertz CT molecular complexity index is 963. The van der Waals surface area contributed by atoms with Gasteiger partial charge in [-0.05, 0) is 18.9 Å². The van der Waals surface area contributed by atoms with Crippen molar-refractivity contribution in [2.24, 2.45) is 0 Å². The van der Waals surface area contributed by atoms with E-state index in [1.54, 1.807) is 29.2 Å². The first kappa shape index (κ1) is 21.3. The quantitative estimate of drug-likeness (QED) is 0.442. The van der Waals surface area contributed by atoms with Gasteiger partial charge in [-0.1, -0.05) is 60.2 Å². The van der Waals surface area contributed by atoms with Crippen LogP contribution in [-0.4, -0.2) is 66.0 Å². The molecule has 0 spiro atoms. The van der Waals surface area contributed by atoms with Gasteiger partial charge in [-0.15, -0.1) is 0 Å². The topological polar surface area (TPSA) is 70.1 Å². The molecule has 162 valence electrons. The number of aryl methyl sites for hydroxylation is 1. The summed E-state index contributed by atoms with van der Waals surface area (Å²) in [4.78, 5) is 29.9. The summed E-state index contributed by atoms with van der Waals surface area (Å²) in [5.74, 6) is -1.30. The van der Waals surface area contributed by atoms with Gasteiger partial charge in [0.05, 0.1) is 24.8 Å². The normalized spacial score (nSPS) is 21.6. The van der Waals surface area contributed by atoms with Crippen LogP contribution in [-0.2, 0) is 14.3 Å². The van der Waals surface area contributed by atoms with Gasteiger partial charge in [-0.2, -0.15) is 0 Å². The summed E-state index contributed by atoms with van der Waals surface area (Å²) in [5.41, 5.74) is 2.61. The zero-order chi connectivity index (χ0) is 21.8. The average molecular weight is 421 g/mol. The molecule has 4 rings (SSSR count). The number of likely N-dealkylation sites (tertiary alicyclic amines) is 1. The summed E-state index contributed by atoms with van der Waals surface area (Å²) in [5, 5.41) is 11.0. The summed E-state index contributed by atoms with van der Waals surface area (Å²) >= 11 is 0. The number of hydrogen-bond donors (Lipinski definition) is 1. The summed E-state index contributed by atoms with van der Waals surface area (Å²) in [7, 11) is 0. The van der Waals surface area contributed by atoms with Gasteiger partial charge >= 0.3 is 0 Å². The number of morpholine rings is 1. The van der Waals surface area contributed by atoms with Crippen molar-refractivity contribution in [1.29, 1.82) is 0 Å². The van der Waals surface area contributed by atoms with Crippen LogP contribution < -0.4 is 0 Å². The predicted molar refractivity (Wildman–Crippen MR) is 119 cm³/mol. The monoisotopic (exact) mass is 420 g/mol. The molecule has 2 heterocycles. The molecule has 2 aromatic carbocycles. The smallest absolute Gasteiger partial charge is 0.295 e. The molecular formula is C25H28N2O4. The van der Waals surface area contributed by atoms with Crippen LogP contribution in [0.4, 0.5) is 0 Å². The lowest BCUT2D eigenvalue weighted by Crippen LogP contribution is -2.38. The second kappa shape index (κ2) is 9.45. The molecule has 2 fully saturated rings. The highest BCUT2D eigenvalue weighted by Gasteiger charge is 2.45. The van der Waals surface area contributed by atoms with Crippen LogP contribution in [0.3, 0.4) is 0 Å². The first-order valence-corrected chi connectivity index (χ1v) is 10.8. The molecule has 31 heavy (non-hydrogen) atoms. The second-order valence-electron chi connectivity index (χ2n) is 8.08. The van der Waals surface area contributed by atoms with Gasteiger partial charge < -0.3 is 14.7 Å². The van der Waals surface area contributed by atoms with E-state index in [0.717, 1.165) is 50.4 Å². The summed E-state index contributed by atoms with van der Waals surface area (Å²) in [6, 6.07) is 16.1. The van der Waals surface area contributed by atoms with Crippen LogP contribution in [0.25, 0.3) is 5.76 Å². The number of aliphatic hydroxyl groups is 1. The van der Waals surface area contributed by atoms with E-state index in [0.29, 0.717) is 12.1 Å². The van der Waals surface area contributed by atoms with Crippen molar-refractivity contribution in [3.05, 3.63) is 76.9 Å². The molecule has 0 aliphatic carbocycles. The molecule has 6 nitrogen and oxygen atoms in total. The van der Waals surface area contributed by atoms with Crippen molar-refractivity contribution >= 4 is 17.4 Å². The SMILES string of the molecule is Cc1ccc([C@@H]2C(=C(O)c3ccccc3)C(=O)C(=O)N2CCCN2CCOCC2)cc1. The molecule has 0 aromatic heterocycles. The minimum Gasteiger partial charge on any atom is -0.507 e. The van der Waals surface area contributed by atoms with E-state index in [4.69, 9.17) is 4.74 Å². The number of ketones is 1. The second-order valence-corrected chi connectivity index (χ2v) is 8.08. The molecular weight excluding hydrogens is 392 g/mol. The number of ether oxygens (including phenoxy) is 1. The van der Waals surface area contributed by atoms with Crippen molar-refractivity contribution in [3.63, 3.8) is 0 Å². The lowest BCUT2D eigenvalue weighted by molar-refractivity contribution is -0.140. The average Bonchev–Trinajstić information content (AvgIpc) is 3.05. The molecule has 1 N–H and O–H groups in total. The molecule has 0 saturated carbocycles. The van der Waals surface area contributed by atoms with E-state index in [1.165, 1.54) is 0 Å². The fourth-order valence-electron chi connectivity index (χ4n) is 4.25. The number of nitrogens with zero attached hydrogens (tertiary/aromatic N) is 2. The van der Waals surface area contributed by atoms with Crippen LogP contribution in [0.15, 0.2) is 60.2 Å². The molecule has 0 bridgehead atoms. The largest absolute Gasteiger partial charge is 0.507 e. The van der Waals surface area contributed by atoms with E-state index < -0.39 is 17.7 Å². The number of aliphatic hydroxyl groups excluding tert-OH is 1. The maximum atomic E-state index is 13.0. The Hall–Kier alpha value is -2.96. The number of carbonyl (C=O) groups is 2. The lowest BCUT2D eigenvalue weighted by Gasteiger charge is -2.29. The third kappa shape index (κ3) is 4.55. The fraction of sp³-hybridized carbons (Fsp3) is 0.360. The Labute approximate surface area is 182 Å². The number of hydrogen-bond acceptors (Lipinski definition) is 5. The molecule has 1 atom stereocenters. The Morgan fingerprint density at radius 3 is 2.35 bits per heavy atom. The number of benzene rings is 2. The molecule has 0 unspecified atom stereocenters. The van der Waals surface area contributed by atoms with Gasteiger partial charge in [-0.3, -0.25) is 14.5 Å². The highest BCUT2D eigenvalue weighted by molar-refractivity contribution is 6.46. The third-order valence-electron chi connectivity index (χ3n) is 5.96. The number of carbonyl (C=O) groups excluding carboxylic acids is 2. The number of amides is 1. The van der Waals surface area contributed by atoms with Gasteiger partial charge in [-0.25, -0.2) is 0 Å². The Balaban J connectivity index is 1.65. The van der Waals surface area contributed by atoms with Gasteiger partial charge in [0.25, 0.3) is 11.7 Å². The molecule has 6 heteroatoms. The van der Waals surface area contributed by atoms with Gasteiger partial charge in [0.1, 0.15) is 5.76 Å². The lowest BCUT2D eigenvalue weighted by atomic mass is 9.94. The summed E-state index contributed by atoms with van der Waals surface area (Å²) < 4.78 is 5.39. The van der Waals surface area contributed by atoms with Crippen LogP contribution in [0.2, 0.25) is 0 Å². The van der Waals surface area contributed by atoms with Crippen LogP contribution in [0.5, 0.6) is 0 Å². The summed E-state index contributed by atoms with van der Waals surface area (Å²) in [6.07, 6.45) is 0.751. The van der Waals surface area contributed by atoms with Crippen molar-refractivity contribution in [2.45, 2.75) is 19.4 Å². The minimum absolute atomic E-state index is 0.125. The van der Waals surface area contributed by atoms with Gasteiger partial charge in [0.2, 0.25) is 0 Å². The molecule has 2 aliphatic heterocycles. The maximum Gasteiger partial charge on any atom is 0.295 e. The van der Waals surface area contributed by atoms with Crippen molar-refractivity contribution < 1.29 is 19.4 Å². The molecule has 2 saturated heterocycles. The number of rotatable bonds is 6. The Morgan fingerprint density at radius 2 is 1.68 bits per heavy atom. The van der Waals surface area contributed by atoms with Crippen molar-refractivity contribution in [3.8, 4) is 0 Å². The highest BCUT2D eigenvalue weighted by atomic mass is 16.5. The van der Waals surface area contributed by atoms with E-state index in [2.05, 4.69) is 4.90 Å². The maximum absolute atomic E-state index is 13.0. The first-order valence-electron chi connectivity index (χ1n) is 10.8. The van der Waals surface area contributed by atoms with Crippen LogP contribution >= 0.6 is 0 Å². The predicted octanol–water partition coefficient (Wildman–Crippen LogP) is 3.14. The minimum atomic E-state index is -0.627. The van der Waals surface area contributed by atoms with Gasteiger partial charge in [0.15, 0.2) is 0 Å². The zero-order valence-corrected chi connectivity index (χ0v) is 17.8. The van der Waals surface area contributed by atoms with Crippen molar-refractivity contribution in [1.82, 2.24) is 9.80 Å². The molecule has 1 amide bonds. The Morgan fingerprint density at radius 1 is 1.00 bits per heavy atom. The fourth-order valence-corrected chi connectivity index (χ4v) is 4.25. The Kier molecular flexibility index (Phi) is 6.49.